The smallest absolute Gasteiger partial charge is 0.268 e. The molecule has 0 fully saturated rings. The van der Waals surface area contributed by atoms with Crippen LogP contribution in [0.15, 0.2) is 17.4 Å². The highest BCUT2D eigenvalue weighted by atomic mass is 16.1. The number of nitrogens with one attached hydrogen (secondary N) is 1. The minimum Gasteiger partial charge on any atom is -0.364 e. The van der Waals surface area contributed by atoms with Gasteiger partial charge in [-0.05, 0) is 0 Å². The van der Waals surface area contributed by atoms with E-state index in [-0.39, 0.29) is 5.70 Å². The number of nitrogens with two attached hydrogens (primary N) is 1. The second-order valence-corrected chi connectivity index (χ2v) is 0.923. The molecule has 0 saturated heterocycles. The summed E-state index contributed by atoms with van der Waals surface area (Å²) in [6.45, 7) is 3.04. The lowest BCUT2D eigenvalue weighted by Crippen LogP contribution is -2.10. The molecule has 0 unspecified atom stereocenters. The van der Waals surface area contributed by atoms with E-state index in [2.05, 4.69) is 17.4 Å². The van der Waals surface area contributed by atoms with Gasteiger partial charge in [0.05, 0.1) is 0 Å². The molecule has 7 heavy (non-hydrogen) atoms. The van der Waals surface area contributed by atoms with Crippen LogP contribution in [0, 0.1) is 5.53 Å². The Morgan fingerprint density at radius 1 is 1.86 bits per heavy atom. The van der Waals surface area contributed by atoms with E-state index in [1.54, 1.807) is 0 Å². The number of rotatable bonds is 2. The fourth-order valence-electron chi connectivity index (χ4n) is 0.0551. The predicted molar refractivity (Wildman–Crippen MR) is 23.5 cm³/mol. The molecule has 38 valence electrons. The Bertz CT molecular complexity index is 117. The molecule has 0 spiro atoms. The van der Waals surface area contributed by atoms with Crippen LogP contribution in [0.4, 0.5) is 0 Å². The van der Waals surface area contributed by atoms with E-state index in [0.29, 0.717) is 0 Å². The van der Waals surface area contributed by atoms with Crippen molar-refractivity contribution in [1.29, 1.82) is 5.53 Å². The van der Waals surface area contributed by atoms with Gasteiger partial charge in [0.15, 0.2) is 0 Å². The summed E-state index contributed by atoms with van der Waals surface area (Å²) in [6, 6.07) is 0. The maximum absolute atomic E-state index is 9.84. The Kier molecular flexibility index (Phi) is 1.72. The molecule has 0 aromatic heterocycles. The predicted octanol–water partition coefficient (Wildman–Crippen LogP) is 0.0164. The van der Waals surface area contributed by atoms with Crippen LogP contribution in [0.1, 0.15) is 0 Å². The maximum Gasteiger partial charge on any atom is 0.268 e. The van der Waals surface area contributed by atoms with Gasteiger partial charge >= 0.3 is 0 Å². The highest BCUT2D eigenvalue weighted by Gasteiger charge is 1.93. The fourth-order valence-corrected chi connectivity index (χ4v) is 0.0551. The number of carbonyl (C=O) groups excluding carboxylic acids is 1. The van der Waals surface area contributed by atoms with Crippen molar-refractivity contribution in [2.24, 2.45) is 10.8 Å². The van der Waals surface area contributed by atoms with E-state index in [0.717, 1.165) is 0 Å². The van der Waals surface area contributed by atoms with Crippen LogP contribution in [-0.2, 0) is 4.79 Å². The summed E-state index contributed by atoms with van der Waals surface area (Å²) in [6.07, 6.45) is 0. The van der Waals surface area contributed by atoms with Crippen molar-refractivity contribution < 1.29 is 4.79 Å². The number of hydrogen-bond donors (Lipinski definition) is 2. The lowest BCUT2D eigenvalue weighted by Gasteiger charge is -1.81. The van der Waals surface area contributed by atoms with E-state index in [1.165, 1.54) is 0 Å². The second-order valence-electron chi connectivity index (χ2n) is 0.923. The Hall–Kier alpha value is -1.19. The van der Waals surface area contributed by atoms with Gasteiger partial charge < -0.3 is 5.73 Å². The molecule has 0 heterocycles. The molecule has 0 rings (SSSR count). The largest absolute Gasteiger partial charge is 0.364 e. The molecule has 0 aliphatic rings. The van der Waals surface area contributed by atoms with Crippen molar-refractivity contribution in [1.82, 2.24) is 0 Å². The number of primary amides is 1. The molecular formula is C3H5N3O. The molecule has 0 saturated carbocycles. The molecule has 0 aliphatic carbocycles. The van der Waals surface area contributed by atoms with Crippen molar-refractivity contribution in [3.8, 4) is 0 Å². The van der Waals surface area contributed by atoms with E-state index in [4.69, 9.17) is 5.53 Å². The highest BCUT2D eigenvalue weighted by Crippen LogP contribution is 1.84. The molecule has 0 radical (unpaired) electrons. The van der Waals surface area contributed by atoms with Crippen LogP contribution in [-0.4, -0.2) is 5.91 Å². The number of hydrogen-bond acceptors (Lipinski definition) is 3. The average Bonchev–Trinajstić information content (AvgIpc) is 1.65. The normalized spacial score (nSPS) is 7.43. The maximum atomic E-state index is 9.84. The van der Waals surface area contributed by atoms with Crippen LogP contribution >= 0.6 is 0 Å². The van der Waals surface area contributed by atoms with Crippen LogP contribution in [0.2, 0.25) is 0 Å². The summed E-state index contributed by atoms with van der Waals surface area (Å²) >= 11 is 0. The monoisotopic (exact) mass is 99.0 g/mol. The molecule has 4 heteroatoms. The van der Waals surface area contributed by atoms with Crippen molar-refractivity contribution in [2.45, 2.75) is 0 Å². The summed E-state index contributed by atoms with van der Waals surface area (Å²) in [7, 11) is 0. The first kappa shape index (κ1) is 5.81. The van der Waals surface area contributed by atoms with Gasteiger partial charge in [-0.25, -0.2) is 5.53 Å². The molecule has 0 atom stereocenters. The summed E-state index contributed by atoms with van der Waals surface area (Å²) in [4.78, 5) is 9.84. The number of amides is 1. The molecule has 0 aromatic carbocycles. The van der Waals surface area contributed by atoms with Crippen LogP contribution in [0.25, 0.3) is 0 Å². The number of carbonyl (C=O) groups is 1. The van der Waals surface area contributed by atoms with Crippen LogP contribution < -0.4 is 5.73 Å². The topological polar surface area (TPSA) is 79.3 Å². The van der Waals surface area contributed by atoms with E-state index >= 15 is 0 Å². The third-order valence-electron chi connectivity index (χ3n) is 0.419. The molecule has 1 amide bonds. The molecule has 4 nitrogen and oxygen atoms in total. The van der Waals surface area contributed by atoms with Crippen LogP contribution in [0.5, 0.6) is 0 Å². The zero-order chi connectivity index (χ0) is 5.86. The minimum atomic E-state index is -0.755. The Morgan fingerprint density at radius 2 is 2.29 bits per heavy atom. The van der Waals surface area contributed by atoms with Crippen molar-refractivity contribution in [3.05, 3.63) is 12.3 Å². The fraction of sp³-hybridized carbons (Fsp3) is 0. The molecule has 0 aromatic rings. The van der Waals surface area contributed by atoms with Crippen LogP contribution in [0.3, 0.4) is 0 Å². The van der Waals surface area contributed by atoms with Crippen molar-refractivity contribution in [2.75, 3.05) is 0 Å². The standard InChI is InChI=1S/C3H5N3O/c1-2(6-5)3(4)7/h5H,1H2,(H2,4,7). The quantitative estimate of drug-likeness (QED) is 0.371. The summed E-state index contributed by atoms with van der Waals surface area (Å²) in [5.74, 6) is -0.755. The zero-order valence-electron chi connectivity index (χ0n) is 3.64. The molecule has 3 N–H and O–H groups in total. The number of nitrogens with zero attached hydrogens (tertiary/aromatic N) is 1. The lowest BCUT2D eigenvalue weighted by molar-refractivity contribution is -0.114. The van der Waals surface area contributed by atoms with Gasteiger partial charge in [-0.3, -0.25) is 4.79 Å². The highest BCUT2D eigenvalue weighted by molar-refractivity contribution is 5.90. The first-order valence-corrected chi connectivity index (χ1v) is 1.54. The average molecular weight is 99.1 g/mol. The SMILES string of the molecule is C=C(N=N)C(N)=O. The van der Waals surface area contributed by atoms with Gasteiger partial charge in [0.2, 0.25) is 0 Å². The van der Waals surface area contributed by atoms with Gasteiger partial charge in [-0.2, -0.15) is 5.11 Å². The third-order valence-corrected chi connectivity index (χ3v) is 0.419. The molecule has 0 bridgehead atoms. The Labute approximate surface area is 40.5 Å². The molecule has 0 aliphatic heterocycles. The molecular weight excluding hydrogens is 94.1 g/mol. The lowest BCUT2D eigenvalue weighted by atomic mass is 10.5. The summed E-state index contributed by atoms with van der Waals surface area (Å²) in [5.41, 5.74) is 10.5. The Balaban J connectivity index is 3.81. The van der Waals surface area contributed by atoms with Crippen molar-refractivity contribution >= 4 is 5.91 Å². The first-order valence-electron chi connectivity index (χ1n) is 1.54. The van der Waals surface area contributed by atoms with Gasteiger partial charge in [-0.1, -0.05) is 6.58 Å². The van der Waals surface area contributed by atoms with Gasteiger partial charge in [0, 0.05) is 0 Å². The summed E-state index contributed by atoms with van der Waals surface area (Å²) < 4.78 is 0. The third kappa shape index (κ3) is 1.64. The van der Waals surface area contributed by atoms with Gasteiger partial charge in [-0.15, -0.1) is 0 Å². The minimum absolute atomic E-state index is 0.222. The van der Waals surface area contributed by atoms with Crippen molar-refractivity contribution in [3.63, 3.8) is 0 Å². The van der Waals surface area contributed by atoms with Gasteiger partial charge in [0.1, 0.15) is 5.70 Å². The van der Waals surface area contributed by atoms with E-state index in [9.17, 15) is 4.79 Å². The first-order chi connectivity index (χ1) is 3.18. The Morgan fingerprint density at radius 3 is 2.29 bits per heavy atom. The van der Waals surface area contributed by atoms with Gasteiger partial charge in [0.25, 0.3) is 5.91 Å². The van der Waals surface area contributed by atoms with E-state index < -0.39 is 5.91 Å². The summed E-state index contributed by atoms with van der Waals surface area (Å²) in [5, 5.41) is 2.67. The second kappa shape index (κ2) is 2.07. The van der Waals surface area contributed by atoms with E-state index in [1.807, 2.05) is 0 Å². The zero-order valence-corrected chi connectivity index (χ0v) is 3.64.